The zero-order chi connectivity index (χ0) is 19.7. The van der Waals surface area contributed by atoms with Crippen molar-refractivity contribution >= 4 is 5.96 Å². The Balaban J connectivity index is 1.73. The second-order valence-corrected chi connectivity index (χ2v) is 6.19. The van der Waals surface area contributed by atoms with Gasteiger partial charge in [0.15, 0.2) is 12.6 Å². The van der Waals surface area contributed by atoms with Crippen molar-refractivity contribution in [2.24, 2.45) is 10.9 Å². The maximum atomic E-state index is 12.1. The number of aliphatic imine (C=N–C) groups is 1. The van der Waals surface area contributed by atoms with Crippen LogP contribution in [0.25, 0.3) is 0 Å². The summed E-state index contributed by atoms with van der Waals surface area (Å²) in [6.45, 7) is 2.84. The van der Waals surface area contributed by atoms with Crippen molar-refractivity contribution < 1.29 is 17.9 Å². The summed E-state index contributed by atoms with van der Waals surface area (Å²) < 4.78 is 43.0. The highest BCUT2D eigenvalue weighted by Crippen LogP contribution is 2.18. The summed E-state index contributed by atoms with van der Waals surface area (Å²) in [6, 6.07) is 8.36. The third-order valence-electron chi connectivity index (χ3n) is 3.69. The van der Waals surface area contributed by atoms with Crippen molar-refractivity contribution in [3.63, 3.8) is 0 Å². The molecule has 6 nitrogen and oxygen atoms in total. The molecule has 0 fully saturated rings. The molecule has 0 aliphatic carbocycles. The third-order valence-corrected chi connectivity index (χ3v) is 3.69. The van der Waals surface area contributed by atoms with Gasteiger partial charge in [-0.05, 0) is 29.7 Å². The first-order valence-electron chi connectivity index (χ1n) is 8.56. The van der Waals surface area contributed by atoms with E-state index in [1.54, 1.807) is 25.4 Å². The van der Waals surface area contributed by atoms with Crippen molar-refractivity contribution in [2.75, 3.05) is 20.2 Å². The van der Waals surface area contributed by atoms with E-state index in [4.69, 9.17) is 4.74 Å². The summed E-state index contributed by atoms with van der Waals surface area (Å²) >= 11 is 0. The van der Waals surface area contributed by atoms with Crippen molar-refractivity contribution in [3.8, 4) is 5.75 Å². The highest BCUT2D eigenvalue weighted by Gasteiger charge is 2.28. The average Bonchev–Trinajstić information content (AvgIpc) is 3.13. The van der Waals surface area contributed by atoms with Gasteiger partial charge in [0.1, 0.15) is 5.75 Å². The Bertz CT molecular complexity index is 699. The average molecular weight is 383 g/mol. The van der Waals surface area contributed by atoms with Crippen LogP contribution < -0.4 is 15.4 Å². The van der Waals surface area contributed by atoms with Gasteiger partial charge < -0.3 is 15.4 Å². The van der Waals surface area contributed by atoms with Gasteiger partial charge in [0.2, 0.25) is 0 Å². The van der Waals surface area contributed by atoms with Gasteiger partial charge in [0.05, 0.1) is 0 Å². The van der Waals surface area contributed by atoms with Gasteiger partial charge >= 0.3 is 6.18 Å². The Morgan fingerprint density at radius 3 is 2.59 bits per heavy atom. The van der Waals surface area contributed by atoms with E-state index in [1.165, 1.54) is 12.1 Å². The van der Waals surface area contributed by atoms with Crippen LogP contribution in [0.1, 0.15) is 12.5 Å². The number of alkyl halides is 3. The molecule has 2 N–H and O–H groups in total. The number of hydrogen-bond acceptors (Lipinski definition) is 3. The molecule has 0 spiro atoms. The smallest absolute Gasteiger partial charge is 0.422 e. The minimum Gasteiger partial charge on any atom is -0.484 e. The molecule has 0 amide bonds. The lowest BCUT2D eigenvalue weighted by Gasteiger charge is -2.16. The predicted octanol–water partition coefficient (Wildman–Crippen LogP) is 2.83. The van der Waals surface area contributed by atoms with Crippen LogP contribution in [0, 0.1) is 5.92 Å². The maximum Gasteiger partial charge on any atom is 0.422 e. The fourth-order valence-corrected chi connectivity index (χ4v) is 2.34. The van der Waals surface area contributed by atoms with E-state index in [-0.39, 0.29) is 5.75 Å². The zero-order valence-electron chi connectivity index (χ0n) is 15.3. The molecule has 0 bridgehead atoms. The Morgan fingerprint density at radius 2 is 2.00 bits per heavy atom. The number of guanidine groups is 1. The van der Waals surface area contributed by atoms with Gasteiger partial charge in [0.25, 0.3) is 0 Å². The Morgan fingerprint density at radius 1 is 1.26 bits per heavy atom. The molecule has 0 saturated carbocycles. The van der Waals surface area contributed by atoms with Gasteiger partial charge in [-0.15, -0.1) is 0 Å². The number of aromatic nitrogens is 2. The number of benzene rings is 1. The first-order valence-corrected chi connectivity index (χ1v) is 8.56. The number of nitrogens with one attached hydrogen (secondary N) is 2. The molecule has 9 heteroatoms. The van der Waals surface area contributed by atoms with Gasteiger partial charge in [-0.2, -0.15) is 18.3 Å². The molecular formula is C18H24F3N5O. The van der Waals surface area contributed by atoms with Crippen LogP contribution in [0.3, 0.4) is 0 Å². The fraction of sp³-hybridized carbons (Fsp3) is 0.444. The molecule has 0 radical (unpaired) electrons. The molecule has 1 atom stereocenters. The monoisotopic (exact) mass is 383 g/mol. The molecule has 1 aromatic heterocycles. The van der Waals surface area contributed by atoms with Crippen LogP contribution in [0.5, 0.6) is 5.75 Å². The molecule has 0 saturated heterocycles. The Hall–Kier alpha value is -2.71. The van der Waals surface area contributed by atoms with Crippen LogP contribution in [-0.4, -0.2) is 42.1 Å². The molecule has 0 aliphatic rings. The van der Waals surface area contributed by atoms with E-state index in [1.807, 2.05) is 16.9 Å². The highest BCUT2D eigenvalue weighted by molar-refractivity contribution is 5.79. The summed E-state index contributed by atoms with van der Waals surface area (Å²) in [5, 5.41) is 10.6. The molecule has 1 heterocycles. The SMILES string of the molecule is CN=C(NCc1ccc(OCC(F)(F)F)cc1)NCC(C)Cn1cccn1. The molecular weight excluding hydrogens is 359 g/mol. The lowest BCUT2D eigenvalue weighted by molar-refractivity contribution is -0.153. The number of hydrogen-bond donors (Lipinski definition) is 2. The van der Waals surface area contributed by atoms with Crippen LogP contribution in [0.15, 0.2) is 47.7 Å². The number of ether oxygens (including phenoxy) is 1. The van der Waals surface area contributed by atoms with E-state index >= 15 is 0 Å². The van der Waals surface area contributed by atoms with E-state index in [0.717, 1.165) is 18.7 Å². The van der Waals surface area contributed by atoms with E-state index in [2.05, 4.69) is 27.6 Å². The molecule has 1 unspecified atom stereocenters. The van der Waals surface area contributed by atoms with Gasteiger partial charge in [-0.3, -0.25) is 9.67 Å². The maximum absolute atomic E-state index is 12.1. The number of rotatable bonds is 8. The lowest BCUT2D eigenvalue weighted by Crippen LogP contribution is -2.39. The lowest BCUT2D eigenvalue weighted by atomic mass is 10.2. The molecule has 2 rings (SSSR count). The van der Waals surface area contributed by atoms with Crippen molar-refractivity contribution in [3.05, 3.63) is 48.3 Å². The van der Waals surface area contributed by atoms with Crippen molar-refractivity contribution in [2.45, 2.75) is 26.2 Å². The van der Waals surface area contributed by atoms with Gasteiger partial charge in [0, 0.05) is 39.1 Å². The van der Waals surface area contributed by atoms with Crippen LogP contribution in [0.4, 0.5) is 13.2 Å². The fourth-order valence-electron chi connectivity index (χ4n) is 2.34. The first kappa shape index (κ1) is 20.6. The second-order valence-electron chi connectivity index (χ2n) is 6.19. The molecule has 1 aromatic carbocycles. The van der Waals surface area contributed by atoms with E-state index in [9.17, 15) is 13.2 Å². The topological polar surface area (TPSA) is 63.5 Å². The molecule has 27 heavy (non-hydrogen) atoms. The van der Waals surface area contributed by atoms with E-state index < -0.39 is 12.8 Å². The van der Waals surface area contributed by atoms with Crippen molar-refractivity contribution in [1.82, 2.24) is 20.4 Å². The quantitative estimate of drug-likeness (QED) is 0.544. The molecule has 2 aromatic rings. The van der Waals surface area contributed by atoms with Crippen molar-refractivity contribution in [1.29, 1.82) is 0 Å². The second kappa shape index (κ2) is 9.84. The van der Waals surface area contributed by atoms with Crippen LogP contribution in [0.2, 0.25) is 0 Å². The van der Waals surface area contributed by atoms with Gasteiger partial charge in [-0.1, -0.05) is 19.1 Å². The minimum absolute atomic E-state index is 0.186. The molecule has 148 valence electrons. The Labute approximate surface area is 156 Å². The standard InChI is InChI=1S/C18H24F3N5O/c1-14(12-26-9-3-8-25-26)10-23-17(22-2)24-11-15-4-6-16(7-5-15)27-13-18(19,20)21/h3-9,14H,10-13H2,1-2H3,(H2,22,23,24). The molecule has 0 aliphatic heterocycles. The summed E-state index contributed by atoms with van der Waals surface area (Å²) in [6.07, 6.45) is -0.668. The summed E-state index contributed by atoms with van der Waals surface area (Å²) in [7, 11) is 1.68. The zero-order valence-corrected chi connectivity index (χ0v) is 15.3. The highest BCUT2D eigenvalue weighted by atomic mass is 19.4. The first-order chi connectivity index (χ1) is 12.9. The Kier molecular flexibility index (Phi) is 7.51. The largest absolute Gasteiger partial charge is 0.484 e. The number of nitrogens with zero attached hydrogens (tertiary/aromatic N) is 3. The minimum atomic E-state index is -4.34. The normalized spacial score (nSPS) is 13.3. The summed E-state index contributed by atoms with van der Waals surface area (Å²) in [4.78, 5) is 4.17. The number of halogens is 3. The summed E-state index contributed by atoms with van der Waals surface area (Å²) in [5.41, 5.74) is 0.905. The summed E-state index contributed by atoms with van der Waals surface area (Å²) in [5.74, 6) is 1.19. The van der Waals surface area contributed by atoms with E-state index in [0.29, 0.717) is 18.4 Å². The van der Waals surface area contributed by atoms with Crippen LogP contribution >= 0.6 is 0 Å². The third kappa shape index (κ3) is 8.02. The van der Waals surface area contributed by atoms with Gasteiger partial charge in [-0.25, -0.2) is 0 Å². The van der Waals surface area contributed by atoms with Crippen LogP contribution in [-0.2, 0) is 13.1 Å². The predicted molar refractivity (Wildman–Crippen MR) is 97.6 cm³/mol.